The molecule has 19 heavy (non-hydrogen) atoms. The van der Waals surface area contributed by atoms with Crippen LogP contribution in [0.3, 0.4) is 0 Å². The van der Waals surface area contributed by atoms with Crippen LogP contribution in [0, 0.1) is 0 Å². The fraction of sp³-hybridized carbons (Fsp3) is 0.625. The molecule has 0 radical (unpaired) electrons. The Labute approximate surface area is 116 Å². The summed E-state index contributed by atoms with van der Waals surface area (Å²) in [5.41, 5.74) is 1.26. The van der Waals surface area contributed by atoms with Crippen LogP contribution in [0.4, 0.5) is 0 Å². The maximum absolute atomic E-state index is 9.28. The van der Waals surface area contributed by atoms with Crippen molar-refractivity contribution >= 4 is 0 Å². The fourth-order valence-electron chi connectivity index (χ4n) is 2.97. The van der Waals surface area contributed by atoms with E-state index in [1.165, 1.54) is 37.7 Å². The van der Waals surface area contributed by atoms with Gasteiger partial charge in [-0.15, -0.1) is 0 Å². The van der Waals surface area contributed by atoms with Gasteiger partial charge in [0, 0.05) is 19.1 Å². The van der Waals surface area contributed by atoms with Gasteiger partial charge >= 0.3 is 0 Å². The van der Waals surface area contributed by atoms with E-state index < -0.39 is 0 Å². The Morgan fingerprint density at radius 2 is 2.05 bits per heavy atom. The molecule has 106 valence electrons. The molecule has 2 rings (SSSR count). The third kappa shape index (κ3) is 4.22. The Morgan fingerprint density at radius 3 is 2.74 bits per heavy atom. The molecule has 0 unspecified atom stereocenters. The Hall–Kier alpha value is -1.06. The molecule has 0 heterocycles. The highest BCUT2D eigenvalue weighted by molar-refractivity contribution is 5.28. The molecule has 1 aromatic carbocycles. The highest BCUT2D eigenvalue weighted by Crippen LogP contribution is 2.24. The normalized spacial score (nSPS) is 16.8. The summed E-state index contributed by atoms with van der Waals surface area (Å²) in [5, 5.41) is 9.28. The van der Waals surface area contributed by atoms with Crippen molar-refractivity contribution in [2.75, 3.05) is 20.3 Å². The van der Waals surface area contributed by atoms with E-state index in [0.29, 0.717) is 6.04 Å². The Morgan fingerprint density at radius 1 is 1.26 bits per heavy atom. The summed E-state index contributed by atoms with van der Waals surface area (Å²) in [6, 6.07) is 8.86. The van der Waals surface area contributed by atoms with Gasteiger partial charge < -0.3 is 9.84 Å². The smallest absolute Gasteiger partial charge is 0.119 e. The molecule has 0 bridgehead atoms. The molecule has 0 spiro atoms. The van der Waals surface area contributed by atoms with Crippen molar-refractivity contribution in [3.63, 3.8) is 0 Å². The van der Waals surface area contributed by atoms with Crippen LogP contribution < -0.4 is 4.74 Å². The maximum Gasteiger partial charge on any atom is 0.119 e. The molecule has 0 aromatic heterocycles. The minimum Gasteiger partial charge on any atom is -0.497 e. The molecule has 0 atom stereocenters. The summed E-state index contributed by atoms with van der Waals surface area (Å²) in [6.07, 6.45) is 6.55. The first-order valence-electron chi connectivity index (χ1n) is 7.31. The average molecular weight is 263 g/mol. The lowest BCUT2D eigenvalue weighted by molar-refractivity contribution is 0.117. The molecule has 1 aliphatic rings. The van der Waals surface area contributed by atoms with E-state index in [4.69, 9.17) is 4.74 Å². The lowest BCUT2D eigenvalue weighted by atomic mass is 9.94. The van der Waals surface area contributed by atoms with Crippen LogP contribution >= 0.6 is 0 Å². The van der Waals surface area contributed by atoms with Gasteiger partial charge in [-0.2, -0.15) is 0 Å². The molecule has 1 N–H and O–H groups in total. The minimum atomic E-state index is 0.237. The van der Waals surface area contributed by atoms with Gasteiger partial charge in [-0.1, -0.05) is 31.4 Å². The van der Waals surface area contributed by atoms with Gasteiger partial charge in [-0.25, -0.2) is 0 Å². The quantitative estimate of drug-likeness (QED) is 0.856. The van der Waals surface area contributed by atoms with Crippen molar-refractivity contribution < 1.29 is 9.84 Å². The number of rotatable bonds is 6. The van der Waals surface area contributed by atoms with Gasteiger partial charge in [-0.3, -0.25) is 4.90 Å². The van der Waals surface area contributed by atoms with E-state index in [0.717, 1.165) is 18.8 Å². The van der Waals surface area contributed by atoms with Crippen LogP contribution in [0.25, 0.3) is 0 Å². The number of methoxy groups -OCH3 is 1. The number of nitrogens with zero attached hydrogens (tertiary/aromatic N) is 1. The van der Waals surface area contributed by atoms with Crippen LogP contribution in [0.2, 0.25) is 0 Å². The molecule has 1 fully saturated rings. The van der Waals surface area contributed by atoms with Crippen molar-refractivity contribution in [1.29, 1.82) is 0 Å². The van der Waals surface area contributed by atoms with E-state index >= 15 is 0 Å². The zero-order chi connectivity index (χ0) is 13.5. The maximum atomic E-state index is 9.28. The Bertz CT molecular complexity index is 375. The van der Waals surface area contributed by atoms with Crippen molar-refractivity contribution in [2.45, 2.75) is 44.7 Å². The first-order chi connectivity index (χ1) is 9.33. The number of ether oxygens (including phenoxy) is 1. The van der Waals surface area contributed by atoms with E-state index in [2.05, 4.69) is 17.0 Å². The number of aliphatic hydroxyl groups is 1. The topological polar surface area (TPSA) is 32.7 Å². The molecule has 3 heteroatoms. The van der Waals surface area contributed by atoms with Gasteiger partial charge in [0.1, 0.15) is 5.75 Å². The zero-order valence-electron chi connectivity index (χ0n) is 11.8. The minimum absolute atomic E-state index is 0.237. The third-order valence-corrected chi connectivity index (χ3v) is 4.00. The average Bonchev–Trinajstić information content (AvgIpc) is 2.48. The number of aliphatic hydroxyl groups excluding tert-OH is 1. The van der Waals surface area contributed by atoms with Crippen molar-refractivity contribution in [2.24, 2.45) is 0 Å². The second kappa shape index (κ2) is 7.51. The van der Waals surface area contributed by atoms with Gasteiger partial charge in [0.2, 0.25) is 0 Å². The predicted molar refractivity (Wildman–Crippen MR) is 77.4 cm³/mol. The molecule has 3 nitrogen and oxygen atoms in total. The monoisotopic (exact) mass is 263 g/mol. The Kier molecular flexibility index (Phi) is 5.67. The van der Waals surface area contributed by atoms with E-state index in [1.54, 1.807) is 7.11 Å². The van der Waals surface area contributed by atoms with Crippen molar-refractivity contribution in [3.05, 3.63) is 29.8 Å². The number of hydrogen-bond acceptors (Lipinski definition) is 3. The molecule has 0 aliphatic heterocycles. The van der Waals surface area contributed by atoms with Gasteiger partial charge in [0.25, 0.3) is 0 Å². The fourth-order valence-corrected chi connectivity index (χ4v) is 2.97. The van der Waals surface area contributed by atoms with Crippen LogP contribution in [0.5, 0.6) is 5.75 Å². The summed E-state index contributed by atoms with van der Waals surface area (Å²) in [7, 11) is 1.70. The molecule has 0 saturated heterocycles. The van der Waals surface area contributed by atoms with Gasteiger partial charge in [-0.05, 0) is 30.5 Å². The number of hydrogen-bond donors (Lipinski definition) is 1. The third-order valence-electron chi connectivity index (χ3n) is 4.00. The second-order valence-corrected chi connectivity index (χ2v) is 5.34. The summed E-state index contributed by atoms with van der Waals surface area (Å²) in [4.78, 5) is 2.42. The van der Waals surface area contributed by atoms with Gasteiger partial charge in [0.05, 0.1) is 13.7 Å². The summed E-state index contributed by atoms with van der Waals surface area (Å²) >= 11 is 0. The standard InChI is InChI=1S/C16H25NO2/c1-19-16-9-5-6-14(12-16)13-17(10-11-18)15-7-3-2-4-8-15/h5-6,9,12,15,18H,2-4,7-8,10-11,13H2,1H3. The van der Waals surface area contributed by atoms with E-state index in [1.807, 2.05) is 12.1 Å². The van der Waals surface area contributed by atoms with E-state index in [-0.39, 0.29) is 6.61 Å². The molecule has 1 aromatic rings. The first kappa shape index (κ1) is 14.4. The first-order valence-corrected chi connectivity index (χ1v) is 7.31. The van der Waals surface area contributed by atoms with E-state index in [9.17, 15) is 5.11 Å². The lowest BCUT2D eigenvalue weighted by Crippen LogP contribution is -2.38. The highest BCUT2D eigenvalue weighted by atomic mass is 16.5. The number of benzene rings is 1. The van der Waals surface area contributed by atoms with Crippen molar-refractivity contribution in [1.82, 2.24) is 4.90 Å². The molecular weight excluding hydrogens is 238 g/mol. The molecule has 1 saturated carbocycles. The van der Waals surface area contributed by atoms with Crippen LogP contribution in [0.1, 0.15) is 37.7 Å². The van der Waals surface area contributed by atoms with Crippen LogP contribution in [0.15, 0.2) is 24.3 Å². The largest absolute Gasteiger partial charge is 0.497 e. The van der Waals surface area contributed by atoms with Gasteiger partial charge in [0.15, 0.2) is 0 Å². The van der Waals surface area contributed by atoms with Crippen molar-refractivity contribution in [3.8, 4) is 5.75 Å². The van der Waals surface area contributed by atoms with Crippen LogP contribution in [-0.2, 0) is 6.54 Å². The zero-order valence-corrected chi connectivity index (χ0v) is 11.8. The Balaban J connectivity index is 2.01. The molecule has 0 amide bonds. The SMILES string of the molecule is COc1cccc(CN(CCO)C2CCCCC2)c1. The lowest BCUT2D eigenvalue weighted by Gasteiger charge is -2.34. The summed E-state index contributed by atoms with van der Waals surface area (Å²) < 4.78 is 5.27. The summed E-state index contributed by atoms with van der Waals surface area (Å²) in [6.45, 7) is 1.91. The van der Waals surface area contributed by atoms with Crippen LogP contribution in [-0.4, -0.2) is 36.3 Å². The predicted octanol–water partition coefficient (Wildman–Crippen LogP) is 2.82. The summed E-state index contributed by atoms with van der Waals surface area (Å²) in [5.74, 6) is 0.907. The second-order valence-electron chi connectivity index (χ2n) is 5.34. The molecular formula is C16H25NO2. The highest BCUT2D eigenvalue weighted by Gasteiger charge is 2.20. The molecule has 1 aliphatic carbocycles.